The average molecular weight is 247 g/mol. The van der Waals surface area contributed by atoms with E-state index >= 15 is 0 Å². The van der Waals surface area contributed by atoms with Gasteiger partial charge in [0.05, 0.1) is 4.58 Å². The molecule has 0 aliphatic heterocycles. The van der Waals surface area contributed by atoms with E-state index in [2.05, 4.69) is 51.7 Å². The van der Waals surface area contributed by atoms with Gasteiger partial charge in [-0.3, -0.25) is 0 Å². The van der Waals surface area contributed by atoms with Gasteiger partial charge in [-0.15, -0.1) is 23.5 Å². The van der Waals surface area contributed by atoms with Crippen molar-refractivity contribution < 1.29 is 0 Å². The predicted octanol–water partition coefficient (Wildman–Crippen LogP) is 3.26. The molecule has 0 rings (SSSR count). The molecule has 11 heavy (non-hydrogen) atoms. The van der Waals surface area contributed by atoms with Crippen molar-refractivity contribution in [1.29, 1.82) is 0 Å². The van der Waals surface area contributed by atoms with E-state index in [9.17, 15) is 0 Å². The second-order valence-electron chi connectivity index (χ2n) is 2.58. The molecule has 0 aromatic heterocycles. The Morgan fingerprint density at radius 2 is 1.55 bits per heavy atom. The fourth-order valence-corrected chi connectivity index (χ4v) is 4.42. The molecule has 0 nitrogen and oxygen atoms in total. The molecule has 0 aromatic carbocycles. The van der Waals surface area contributed by atoms with Gasteiger partial charge in [-0.05, 0) is 13.8 Å². The van der Waals surface area contributed by atoms with Gasteiger partial charge in [-0.1, -0.05) is 0 Å². The predicted molar refractivity (Wildman–Crippen MR) is 69.7 cm³/mol. The molecule has 0 saturated heterocycles. The van der Waals surface area contributed by atoms with Crippen molar-refractivity contribution in [3.05, 3.63) is 0 Å². The average Bonchev–Trinajstić information content (AvgIpc) is 1.85. The highest BCUT2D eigenvalue weighted by molar-refractivity contribution is 8.23. The summed E-state index contributed by atoms with van der Waals surface area (Å²) < 4.78 is 0.515. The lowest BCUT2D eigenvalue weighted by Gasteiger charge is -2.27. The largest absolute Gasteiger partial charge is 0.171 e. The molecular weight excluding hydrogens is 232 g/mol. The minimum Gasteiger partial charge on any atom is -0.171 e. The van der Waals surface area contributed by atoms with E-state index in [1.807, 2.05) is 23.5 Å². The summed E-state index contributed by atoms with van der Waals surface area (Å²) in [5.74, 6) is 0. The quantitative estimate of drug-likeness (QED) is 0.503. The number of thioether (sulfide) groups is 2. The summed E-state index contributed by atoms with van der Waals surface area (Å²) in [7, 11) is 0. The zero-order valence-corrected chi connectivity index (χ0v) is 11.0. The summed E-state index contributed by atoms with van der Waals surface area (Å²) in [6, 6.07) is 0. The summed E-state index contributed by atoms with van der Waals surface area (Å²) in [5.41, 5.74) is 0. The third-order valence-corrected chi connectivity index (χ3v) is 5.43. The second kappa shape index (κ2) is 6.24. The van der Waals surface area contributed by atoms with E-state index in [0.717, 1.165) is 10.2 Å². The van der Waals surface area contributed by atoms with Crippen molar-refractivity contribution in [1.82, 2.24) is 0 Å². The van der Waals surface area contributed by atoms with Crippen molar-refractivity contribution in [2.24, 2.45) is 0 Å². The maximum Gasteiger partial charge on any atom is 0.0657 e. The maximum atomic E-state index is 4.51. The molecule has 0 spiro atoms. The van der Waals surface area contributed by atoms with Crippen molar-refractivity contribution in [2.45, 2.75) is 23.2 Å². The molecule has 0 aliphatic rings. The molecular formula is C6H14S5. The Hall–Kier alpha value is 1.75. The molecule has 0 amide bonds. The first kappa shape index (κ1) is 12.8. The standard InChI is InChI=1S/C6H14S5/c1-6(2,9)5(10-3-7)11-4-8/h5,7-9H,3-4H2,1-2H3. The Morgan fingerprint density at radius 1 is 1.18 bits per heavy atom. The minimum atomic E-state index is 0.0425. The lowest BCUT2D eigenvalue weighted by molar-refractivity contribution is 0.796. The molecule has 0 aliphatic carbocycles. The Bertz CT molecular complexity index is 91.6. The summed E-state index contributed by atoms with van der Waals surface area (Å²) in [6.45, 7) is 4.24. The Labute approximate surface area is 94.3 Å². The van der Waals surface area contributed by atoms with Crippen LogP contribution in [0.3, 0.4) is 0 Å². The van der Waals surface area contributed by atoms with E-state index < -0.39 is 0 Å². The van der Waals surface area contributed by atoms with Crippen LogP contribution in [0.1, 0.15) is 13.8 Å². The van der Waals surface area contributed by atoms with Crippen LogP contribution in [0.15, 0.2) is 0 Å². The van der Waals surface area contributed by atoms with Gasteiger partial charge < -0.3 is 0 Å². The topological polar surface area (TPSA) is 0 Å². The highest BCUT2D eigenvalue weighted by atomic mass is 32.2. The first-order valence-electron chi connectivity index (χ1n) is 3.19. The number of rotatable bonds is 5. The van der Waals surface area contributed by atoms with Crippen LogP contribution >= 0.6 is 61.4 Å². The third kappa shape index (κ3) is 5.91. The van der Waals surface area contributed by atoms with Gasteiger partial charge in [-0.2, -0.15) is 37.9 Å². The van der Waals surface area contributed by atoms with Crippen LogP contribution < -0.4 is 0 Å². The zero-order valence-electron chi connectivity index (χ0n) is 6.65. The first-order valence-corrected chi connectivity index (χ1v) is 7.00. The number of hydrogen-bond donors (Lipinski definition) is 3. The van der Waals surface area contributed by atoms with Crippen molar-refractivity contribution in [3.8, 4) is 0 Å². The van der Waals surface area contributed by atoms with Crippen molar-refractivity contribution in [3.63, 3.8) is 0 Å². The van der Waals surface area contributed by atoms with E-state index in [1.54, 1.807) is 0 Å². The summed E-state index contributed by atoms with van der Waals surface area (Å²) in [4.78, 5) is 0. The second-order valence-corrected chi connectivity index (χ2v) is 7.70. The van der Waals surface area contributed by atoms with Gasteiger partial charge in [0.2, 0.25) is 0 Å². The normalized spacial score (nSPS) is 12.5. The molecule has 0 N–H and O–H groups in total. The lowest BCUT2D eigenvalue weighted by atomic mass is 10.2. The van der Waals surface area contributed by atoms with E-state index in [-0.39, 0.29) is 4.75 Å². The SMILES string of the molecule is CC(C)(S)C(SCS)SCS. The maximum absolute atomic E-state index is 4.51. The Morgan fingerprint density at radius 3 is 1.73 bits per heavy atom. The van der Waals surface area contributed by atoms with E-state index in [4.69, 9.17) is 0 Å². The van der Waals surface area contributed by atoms with E-state index in [1.165, 1.54) is 0 Å². The highest BCUT2D eigenvalue weighted by Crippen LogP contribution is 2.37. The monoisotopic (exact) mass is 246 g/mol. The van der Waals surface area contributed by atoms with Crippen molar-refractivity contribution in [2.75, 3.05) is 10.2 Å². The Balaban J connectivity index is 3.88. The van der Waals surface area contributed by atoms with Crippen LogP contribution in [0.2, 0.25) is 0 Å². The summed E-state index contributed by atoms with van der Waals surface area (Å²) >= 11 is 16.5. The van der Waals surface area contributed by atoms with Gasteiger partial charge in [-0.25, -0.2) is 0 Å². The van der Waals surface area contributed by atoms with Crippen molar-refractivity contribution >= 4 is 61.4 Å². The molecule has 0 unspecified atom stereocenters. The van der Waals surface area contributed by atoms with Gasteiger partial charge >= 0.3 is 0 Å². The fraction of sp³-hybridized carbons (Fsp3) is 1.00. The van der Waals surface area contributed by atoms with Gasteiger partial charge in [0.1, 0.15) is 0 Å². The molecule has 0 aromatic rings. The van der Waals surface area contributed by atoms with Crippen LogP contribution in [0.25, 0.3) is 0 Å². The lowest BCUT2D eigenvalue weighted by Crippen LogP contribution is -2.24. The van der Waals surface area contributed by atoms with Gasteiger partial charge in [0.25, 0.3) is 0 Å². The smallest absolute Gasteiger partial charge is 0.0657 e. The third-order valence-electron chi connectivity index (χ3n) is 1.03. The van der Waals surface area contributed by atoms with Gasteiger partial charge in [0, 0.05) is 14.9 Å². The fourth-order valence-electron chi connectivity index (χ4n) is 0.591. The number of hydrogen-bond acceptors (Lipinski definition) is 5. The van der Waals surface area contributed by atoms with Crippen LogP contribution in [-0.2, 0) is 0 Å². The molecule has 0 fully saturated rings. The minimum absolute atomic E-state index is 0.0425. The molecule has 0 atom stereocenters. The highest BCUT2D eigenvalue weighted by Gasteiger charge is 2.25. The molecule has 5 heteroatoms. The molecule has 68 valence electrons. The summed E-state index contributed by atoms with van der Waals surface area (Å²) in [6.07, 6.45) is 0. The zero-order chi connectivity index (χ0) is 8.91. The van der Waals surface area contributed by atoms with E-state index in [0.29, 0.717) is 4.58 Å². The molecule has 0 bridgehead atoms. The Kier molecular flexibility index (Phi) is 7.23. The number of thiol groups is 3. The van der Waals surface area contributed by atoms with Crippen LogP contribution in [0.5, 0.6) is 0 Å². The molecule has 0 heterocycles. The molecule has 0 saturated carbocycles. The van der Waals surface area contributed by atoms with Crippen LogP contribution in [0.4, 0.5) is 0 Å². The molecule has 0 radical (unpaired) electrons. The van der Waals surface area contributed by atoms with Gasteiger partial charge in [0.15, 0.2) is 0 Å². The summed E-state index contributed by atoms with van der Waals surface area (Å²) in [5, 5.41) is 1.69. The first-order chi connectivity index (χ1) is 5.02. The van der Waals surface area contributed by atoms with Crippen LogP contribution in [0, 0.1) is 0 Å². The van der Waals surface area contributed by atoms with Crippen LogP contribution in [-0.4, -0.2) is 19.5 Å².